The molecule has 3 aromatic rings. The summed E-state index contributed by atoms with van der Waals surface area (Å²) in [4.78, 5) is 12.5. The van der Waals surface area contributed by atoms with Crippen LogP contribution in [-0.4, -0.2) is 20.9 Å². The van der Waals surface area contributed by atoms with Gasteiger partial charge in [0.25, 0.3) is 15.9 Å². The predicted octanol–water partition coefficient (Wildman–Crippen LogP) is 5.91. The van der Waals surface area contributed by atoms with E-state index < -0.39 is 21.7 Å². The minimum Gasteiger partial charge on any atom is -0.319 e. The molecule has 0 aliphatic heterocycles. The normalized spacial score (nSPS) is 11.3. The van der Waals surface area contributed by atoms with Crippen molar-refractivity contribution in [3.8, 4) is 0 Å². The molecular weight excluding hydrogens is 462 g/mol. The summed E-state index contributed by atoms with van der Waals surface area (Å²) in [5.41, 5.74) is 0.942. The quantitative estimate of drug-likeness (QED) is 0.476. The standard InChI is InChI=1S/C22H19Cl2FN2O3S/c1-3-27(15-7-5-4-6-8-15)31(29,30)21-12-16(17(23)13-18(21)24)22(28)26-20-10-9-14(2)11-19(20)25/h4-13H,3H2,1-2H3,(H,26,28). The van der Waals surface area contributed by atoms with Crippen molar-refractivity contribution in [3.63, 3.8) is 0 Å². The molecule has 0 spiro atoms. The number of halogens is 3. The SMILES string of the molecule is CCN(c1ccccc1)S(=O)(=O)c1cc(C(=O)Nc2ccc(C)cc2F)c(Cl)cc1Cl. The Morgan fingerprint density at radius 1 is 1.03 bits per heavy atom. The summed E-state index contributed by atoms with van der Waals surface area (Å²) in [5.74, 6) is -1.38. The second-order valence-corrected chi connectivity index (χ2v) is 9.35. The molecule has 0 saturated carbocycles. The van der Waals surface area contributed by atoms with Gasteiger partial charge in [0, 0.05) is 6.54 Å². The zero-order valence-electron chi connectivity index (χ0n) is 16.7. The lowest BCUT2D eigenvalue weighted by Gasteiger charge is -2.24. The molecule has 0 unspecified atom stereocenters. The molecule has 162 valence electrons. The fourth-order valence-electron chi connectivity index (χ4n) is 3.02. The molecule has 0 heterocycles. The molecule has 0 aliphatic rings. The van der Waals surface area contributed by atoms with E-state index in [-0.39, 0.29) is 32.7 Å². The Hall–Kier alpha value is -2.61. The van der Waals surface area contributed by atoms with Crippen LogP contribution in [0.2, 0.25) is 10.0 Å². The van der Waals surface area contributed by atoms with E-state index in [0.29, 0.717) is 11.3 Å². The van der Waals surface area contributed by atoms with Gasteiger partial charge in [-0.15, -0.1) is 0 Å². The third kappa shape index (κ3) is 4.84. The molecule has 31 heavy (non-hydrogen) atoms. The average molecular weight is 481 g/mol. The lowest BCUT2D eigenvalue weighted by molar-refractivity contribution is 0.102. The van der Waals surface area contributed by atoms with Crippen molar-refractivity contribution >= 4 is 50.5 Å². The number of carbonyl (C=O) groups excluding carboxylic acids is 1. The molecule has 1 amide bonds. The van der Waals surface area contributed by atoms with Gasteiger partial charge in [0.05, 0.1) is 27.0 Å². The van der Waals surface area contributed by atoms with E-state index in [1.54, 1.807) is 50.2 Å². The van der Waals surface area contributed by atoms with E-state index in [1.807, 2.05) is 0 Å². The van der Waals surface area contributed by atoms with Gasteiger partial charge in [-0.1, -0.05) is 47.5 Å². The number of anilines is 2. The number of hydrogen-bond donors (Lipinski definition) is 1. The Morgan fingerprint density at radius 2 is 1.71 bits per heavy atom. The monoisotopic (exact) mass is 480 g/mol. The number of nitrogens with one attached hydrogen (secondary N) is 1. The van der Waals surface area contributed by atoms with E-state index in [0.717, 1.165) is 6.07 Å². The predicted molar refractivity (Wildman–Crippen MR) is 122 cm³/mol. The van der Waals surface area contributed by atoms with Gasteiger partial charge in [-0.05, 0) is 55.8 Å². The number of para-hydroxylation sites is 1. The third-order valence-corrected chi connectivity index (χ3v) is 7.22. The maximum Gasteiger partial charge on any atom is 0.265 e. The van der Waals surface area contributed by atoms with E-state index >= 15 is 0 Å². The van der Waals surface area contributed by atoms with Crippen LogP contribution in [-0.2, 0) is 10.0 Å². The van der Waals surface area contributed by atoms with Crippen LogP contribution in [0.1, 0.15) is 22.8 Å². The molecule has 0 fully saturated rings. The molecule has 3 aromatic carbocycles. The van der Waals surface area contributed by atoms with E-state index in [9.17, 15) is 17.6 Å². The molecule has 0 saturated heterocycles. The first kappa shape index (κ1) is 23.1. The van der Waals surface area contributed by atoms with Crippen LogP contribution in [0.3, 0.4) is 0 Å². The third-order valence-electron chi connectivity index (χ3n) is 4.54. The molecule has 3 rings (SSSR count). The van der Waals surface area contributed by atoms with Crippen molar-refractivity contribution < 1.29 is 17.6 Å². The van der Waals surface area contributed by atoms with Crippen molar-refractivity contribution in [2.45, 2.75) is 18.7 Å². The Balaban J connectivity index is 2.03. The van der Waals surface area contributed by atoms with Gasteiger partial charge in [0.1, 0.15) is 10.7 Å². The fourth-order valence-corrected chi connectivity index (χ4v) is 5.33. The molecule has 0 bridgehead atoms. The van der Waals surface area contributed by atoms with Gasteiger partial charge in [0.2, 0.25) is 0 Å². The number of amides is 1. The summed E-state index contributed by atoms with van der Waals surface area (Å²) in [6, 6.07) is 15.1. The molecule has 0 aromatic heterocycles. The highest BCUT2D eigenvalue weighted by Crippen LogP contribution is 2.33. The van der Waals surface area contributed by atoms with Crippen LogP contribution in [0.4, 0.5) is 15.8 Å². The lowest BCUT2D eigenvalue weighted by Crippen LogP contribution is -2.31. The second-order valence-electron chi connectivity index (χ2n) is 6.71. The summed E-state index contributed by atoms with van der Waals surface area (Å²) >= 11 is 12.4. The van der Waals surface area contributed by atoms with Crippen LogP contribution in [0.25, 0.3) is 0 Å². The molecule has 9 heteroatoms. The second kappa shape index (κ2) is 9.26. The summed E-state index contributed by atoms with van der Waals surface area (Å²) in [7, 11) is -4.11. The summed E-state index contributed by atoms with van der Waals surface area (Å²) in [6.07, 6.45) is 0. The first-order valence-corrected chi connectivity index (χ1v) is 11.5. The zero-order chi connectivity index (χ0) is 22.8. The van der Waals surface area contributed by atoms with Crippen molar-refractivity contribution in [2.75, 3.05) is 16.2 Å². The Kier molecular flexibility index (Phi) is 6.89. The molecule has 0 radical (unpaired) electrons. The maximum atomic E-state index is 14.1. The highest BCUT2D eigenvalue weighted by atomic mass is 35.5. The Labute approximate surface area is 190 Å². The fraction of sp³-hybridized carbons (Fsp3) is 0.136. The summed E-state index contributed by atoms with van der Waals surface area (Å²) < 4.78 is 42.0. The molecule has 0 aliphatic carbocycles. The number of benzene rings is 3. The van der Waals surface area contributed by atoms with E-state index in [4.69, 9.17) is 23.2 Å². The van der Waals surface area contributed by atoms with Crippen LogP contribution < -0.4 is 9.62 Å². The van der Waals surface area contributed by atoms with Crippen LogP contribution in [0.5, 0.6) is 0 Å². The van der Waals surface area contributed by atoms with Crippen molar-refractivity contribution in [1.29, 1.82) is 0 Å². The molecule has 5 nitrogen and oxygen atoms in total. The number of rotatable bonds is 6. The van der Waals surface area contributed by atoms with Crippen molar-refractivity contribution in [1.82, 2.24) is 0 Å². The van der Waals surface area contributed by atoms with E-state index in [2.05, 4.69) is 5.32 Å². The van der Waals surface area contributed by atoms with Gasteiger partial charge in [-0.2, -0.15) is 0 Å². The van der Waals surface area contributed by atoms with Crippen molar-refractivity contribution in [3.05, 3.63) is 87.7 Å². The minimum absolute atomic E-state index is 0.0505. The van der Waals surface area contributed by atoms with Gasteiger partial charge in [-0.25, -0.2) is 12.8 Å². The average Bonchev–Trinajstić information content (AvgIpc) is 2.71. The number of nitrogens with zero attached hydrogens (tertiary/aromatic N) is 1. The van der Waals surface area contributed by atoms with Crippen LogP contribution in [0, 0.1) is 12.7 Å². The highest BCUT2D eigenvalue weighted by molar-refractivity contribution is 7.93. The largest absolute Gasteiger partial charge is 0.319 e. The van der Waals surface area contributed by atoms with Crippen molar-refractivity contribution in [2.24, 2.45) is 0 Å². The first-order valence-electron chi connectivity index (χ1n) is 9.29. The number of hydrogen-bond acceptors (Lipinski definition) is 3. The zero-order valence-corrected chi connectivity index (χ0v) is 19.0. The lowest BCUT2D eigenvalue weighted by atomic mass is 10.2. The van der Waals surface area contributed by atoms with E-state index in [1.165, 1.54) is 22.5 Å². The number of carbonyl (C=O) groups is 1. The first-order chi connectivity index (χ1) is 14.6. The van der Waals surface area contributed by atoms with Gasteiger partial charge >= 0.3 is 0 Å². The van der Waals surface area contributed by atoms with Gasteiger partial charge in [0.15, 0.2) is 0 Å². The summed E-state index contributed by atoms with van der Waals surface area (Å²) in [5, 5.41) is 2.23. The molecule has 1 N–H and O–H groups in total. The summed E-state index contributed by atoms with van der Waals surface area (Å²) in [6.45, 7) is 3.54. The highest BCUT2D eigenvalue weighted by Gasteiger charge is 2.28. The Morgan fingerprint density at radius 3 is 2.32 bits per heavy atom. The topological polar surface area (TPSA) is 66.5 Å². The number of sulfonamides is 1. The maximum absolute atomic E-state index is 14.1. The van der Waals surface area contributed by atoms with Gasteiger partial charge in [-0.3, -0.25) is 9.10 Å². The Bertz CT molecular complexity index is 1240. The smallest absolute Gasteiger partial charge is 0.265 e. The minimum atomic E-state index is -4.11. The van der Waals surface area contributed by atoms with Gasteiger partial charge < -0.3 is 5.32 Å². The molecular formula is C22H19Cl2FN2O3S. The molecule has 0 atom stereocenters. The van der Waals surface area contributed by atoms with Crippen LogP contribution in [0.15, 0.2) is 65.6 Å². The van der Waals surface area contributed by atoms with Crippen LogP contribution >= 0.6 is 23.2 Å². The number of aryl methyl sites for hydroxylation is 1.